The zero-order chi connectivity index (χ0) is 18.8. The Bertz CT molecular complexity index is 803. The van der Waals surface area contributed by atoms with Crippen LogP contribution in [0.1, 0.15) is 31.8 Å². The maximum atomic E-state index is 13.1. The quantitative estimate of drug-likeness (QED) is 0.589. The lowest BCUT2D eigenvalue weighted by Gasteiger charge is -2.18. The molecule has 3 nitrogen and oxygen atoms in total. The number of hydrogen-bond acceptors (Lipinski definition) is 2. The number of imide groups is 1. The smallest absolute Gasteiger partial charge is 0.288 e. The van der Waals surface area contributed by atoms with Crippen LogP contribution in [0.4, 0.5) is 26.3 Å². The number of halogens is 7. The summed E-state index contributed by atoms with van der Waals surface area (Å²) in [5.41, 5.74) is -5.45. The van der Waals surface area contributed by atoms with Crippen molar-refractivity contribution in [2.75, 3.05) is 0 Å². The molecule has 140 valence electrons. The first-order valence-corrected chi connectivity index (χ1v) is 6.70. The second-order valence-corrected chi connectivity index (χ2v) is 4.87. The van der Waals surface area contributed by atoms with Crippen molar-refractivity contribution in [3.63, 3.8) is 0 Å². The molecule has 0 heterocycles. The van der Waals surface area contributed by atoms with E-state index in [4.69, 9.17) is 0 Å². The number of benzene rings is 2. The summed E-state index contributed by atoms with van der Waals surface area (Å²) in [7, 11) is 0. The van der Waals surface area contributed by atoms with Gasteiger partial charge in [-0.25, -0.2) is 0 Å². The molecule has 0 spiro atoms. The van der Waals surface area contributed by atoms with Gasteiger partial charge < -0.3 is 0 Å². The molecule has 0 aliphatic rings. The van der Waals surface area contributed by atoms with Crippen LogP contribution in [0.5, 0.6) is 0 Å². The summed E-state index contributed by atoms with van der Waals surface area (Å²) in [6, 6.07) is 8.51. The predicted octanol–water partition coefficient (Wildman–Crippen LogP) is 4.72. The zero-order valence-electron chi connectivity index (χ0n) is 12.6. The Morgan fingerprint density at radius 2 is 1.31 bits per heavy atom. The third-order valence-corrected chi connectivity index (χ3v) is 3.16. The molecule has 0 saturated carbocycles. The maximum absolute atomic E-state index is 13.1. The van der Waals surface area contributed by atoms with Crippen LogP contribution in [0.3, 0.4) is 0 Å². The van der Waals surface area contributed by atoms with Crippen molar-refractivity contribution in [3.05, 3.63) is 70.8 Å². The molecule has 0 saturated heterocycles. The van der Waals surface area contributed by atoms with Crippen LogP contribution in [0.25, 0.3) is 0 Å². The average Bonchev–Trinajstić information content (AvgIpc) is 2.53. The first-order chi connectivity index (χ1) is 11.5. The summed E-state index contributed by atoms with van der Waals surface area (Å²) in [5, 5.41) is 1.66. The number of nitrogens with one attached hydrogen (secondary N) is 1. The SMILES string of the molecule is Cl.O=C(NC(=O)c1cccc(C(F)(F)F)c1C(F)(F)F)c1ccccc1. The van der Waals surface area contributed by atoms with Crippen LogP contribution in [0.2, 0.25) is 0 Å². The standard InChI is InChI=1S/C16H9F6NO2.ClH/c17-15(18,19)11-8-4-7-10(12(11)16(20,21)22)14(25)23-13(24)9-5-2-1-3-6-9;/h1-8H,(H,23,24,25);1H. The maximum Gasteiger partial charge on any atom is 0.417 e. The van der Waals surface area contributed by atoms with Crippen LogP contribution in [0.15, 0.2) is 48.5 Å². The molecule has 2 rings (SSSR count). The molecule has 0 aliphatic carbocycles. The van der Waals surface area contributed by atoms with E-state index < -0.39 is 40.9 Å². The number of amides is 2. The fraction of sp³-hybridized carbons (Fsp3) is 0.125. The molecule has 0 bridgehead atoms. The van der Waals surface area contributed by atoms with Gasteiger partial charge in [0.1, 0.15) is 0 Å². The molecule has 2 aromatic rings. The van der Waals surface area contributed by atoms with Crippen molar-refractivity contribution in [1.29, 1.82) is 0 Å². The molecular formula is C16H10ClF6NO2. The van der Waals surface area contributed by atoms with Gasteiger partial charge in [0.25, 0.3) is 11.8 Å². The number of hydrogen-bond donors (Lipinski definition) is 1. The van der Waals surface area contributed by atoms with E-state index >= 15 is 0 Å². The number of rotatable bonds is 2. The highest BCUT2D eigenvalue weighted by Crippen LogP contribution is 2.41. The Balaban J connectivity index is 0.00000338. The van der Waals surface area contributed by atoms with E-state index in [1.807, 2.05) is 0 Å². The molecule has 0 aliphatic heterocycles. The molecule has 1 N–H and O–H groups in total. The van der Waals surface area contributed by atoms with Crippen molar-refractivity contribution in [3.8, 4) is 0 Å². The fourth-order valence-electron chi connectivity index (χ4n) is 2.12. The highest BCUT2D eigenvalue weighted by molar-refractivity contribution is 6.11. The minimum atomic E-state index is -5.44. The first-order valence-electron chi connectivity index (χ1n) is 6.70. The second kappa shape index (κ2) is 7.77. The number of carbonyl (C=O) groups is 2. The van der Waals surface area contributed by atoms with Crippen molar-refractivity contribution in [1.82, 2.24) is 5.32 Å². The van der Waals surface area contributed by atoms with E-state index in [0.29, 0.717) is 12.1 Å². The van der Waals surface area contributed by atoms with E-state index in [1.165, 1.54) is 24.3 Å². The van der Waals surface area contributed by atoms with Gasteiger partial charge in [0, 0.05) is 5.56 Å². The summed E-state index contributed by atoms with van der Waals surface area (Å²) in [6.07, 6.45) is -10.8. The van der Waals surface area contributed by atoms with E-state index in [9.17, 15) is 35.9 Å². The van der Waals surface area contributed by atoms with E-state index in [0.717, 1.165) is 0 Å². The van der Waals surface area contributed by atoms with Crippen LogP contribution in [-0.2, 0) is 12.4 Å². The summed E-state index contributed by atoms with van der Waals surface area (Å²) in [6.45, 7) is 0. The largest absolute Gasteiger partial charge is 0.417 e. The van der Waals surface area contributed by atoms with Gasteiger partial charge in [-0.2, -0.15) is 26.3 Å². The summed E-state index contributed by atoms with van der Waals surface area (Å²) in [4.78, 5) is 23.8. The molecule has 0 unspecified atom stereocenters. The van der Waals surface area contributed by atoms with Crippen molar-refractivity contribution < 1.29 is 35.9 Å². The number of alkyl halides is 6. The van der Waals surface area contributed by atoms with Gasteiger partial charge in [0.2, 0.25) is 0 Å². The topological polar surface area (TPSA) is 46.2 Å². The van der Waals surface area contributed by atoms with E-state index in [1.54, 1.807) is 11.4 Å². The molecule has 0 atom stereocenters. The lowest BCUT2D eigenvalue weighted by Crippen LogP contribution is -2.33. The molecule has 0 fully saturated rings. The Morgan fingerprint density at radius 3 is 1.81 bits per heavy atom. The van der Waals surface area contributed by atoms with Crippen LogP contribution in [0, 0.1) is 0 Å². The van der Waals surface area contributed by atoms with Gasteiger partial charge in [-0.05, 0) is 24.3 Å². The third kappa shape index (κ3) is 4.75. The highest BCUT2D eigenvalue weighted by Gasteiger charge is 2.45. The summed E-state index contributed by atoms with van der Waals surface area (Å²) in [5.74, 6) is -2.61. The van der Waals surface area contributed by atoms with E-state index in [-0.39, 0.29) is 24.0 Å². The minimum Gasteiger partial charge on any atom is -0.288 e. The Kier molecular flexibility index (Phi) is 6.43. The Hall–Kier alpha value is -2.55. The number of carbonyl (C=O) groups excluding carboxylic acids is 2. The minimum absolute atomic E-state index is 0. The van der Waals surface area contributed by atoms with Crippen LogP contribution < -0.4 is 5.32 Å². The zero-order valence-corrected chi connectivity index (χ0v) is 13.4. The lowest BCUT2D eigenvalue weighted by molar-refractivity contribution is -0.162. The van der Waals surface area contributed by atoms with E-state index in [2.05, 4.69) is 0 Å². The van der Waals surface area contributed by atoms with Gasteiger partial charge >= 0.3 is 12.4 Å². The molecule has 0 aromatic heterocycles. The summed E-state index contributed by atoms with van der Waals surface area (Å²) < 4.78 is 77.8. The van der Waals surface area contributed by atoms with Gasteiger partial charge in [0.15, 0.2) is 0 Å². The van der Waals surface area contributed by atoms with Crippen LogP contribution in [-0.4, -0.2) is 11.8 Å². The fourth-order valence-corrected chi connectivity index (χ4v) is 2.12. The molecule has 0 radical (unpaired) electrons. The van der Waals surface area contributed by atoms with Crippen molar-refractivity contribution >= 4 is 24.2 Å². The highest BCUT2D eigenvalue weighted by atomic mass is 35.5. The van der Waals surface area contributed by atoms with Gasteiger partial charge in [-0.1, -0.05) is 24.3 Å². The van der Waals surface area contributed by atoms with Gasteiger partial charge in [0.05, 0.1) is 16.7 Å². The van der Waals surface area contributed by atoms with Crippen molar-refractivity contribution in [2.24, 2.45) is 0 Å². The molecular weight excluding hydrogens is 388 g/mol. The molecule has 2 aromatic carbocycles. The molecule has 10 heteroatoms. The summed E-state index contributed by atoms with van der Waals surface area (Å²) >= 11 is 0. The Labute approximate surface area is 149 Å². The lowest BCUT2D eigenvalue weighted by atomic mass is 9.99. The van der Waals surface area contributed by atoms with Gasteiger partial charge in [-0.3, -0.25) is 14.9 Å². The molecule has 26 heavy (non-hydrogen) atoms. The second-order valence-electron chi connectivity index (χ2n) is 4.87. The third-order valence-electron chi connectivity index (χ3n) is 3.16. The normalized spacial score (nSPS) is 11.5. The average molecular weight is 398 g/mol. The first kappa shape index (κ1) is 21.5. The molecule has 2 amide bonds. The van der Waals surface area contributed by atoms with Crippen LogP contribution >= 0.6 is 12.4 Å². The predicted molar refractivity (Wildman–Crippen MR) is 81.9 cm³/mol. The monoisotopic (exact) mass is 397 g/mol. The van der Waals surface area contributed by atoms with Crippen molar-refractivity contribution in [2.45, 2.75) is 12.4 Å². The Morgan fingerprint density at radius 1 is 0.731 bits per heavy atom. The van der Waals surface area contributed by atoms with Gasteiger partial charge in [-0.15, -0.1) is 12.4 Å².